The molecule has 2 aliphatic rings. The second-order valence-corrected chi connectivity index (χ2v) is 5.97. The summed E-state index contributed by atoms with van der Waals surface area (Å²) >= 11 is 0. The van der Waals surface area contributed by atoms with Crippen LogP contribution in [-0.2, 0) is 19.1 Å². The molecule has 0 unspecified atom stereocenters. The fourth-order valence-corrected chi connectivity index (χ4v) is 2.86. The third-order valence-corrected chi connectivity index (χ3v) is 4.55. The van der Waals surface area contributed by atoms with Crippen molar-refractivity contribution in [1.29, 1.82) is 0 Å². The van der Waals surface area contributed by atoms with Gasteiger partial charge in [0, 0.05) is 24.2 Å². The van der Waals surface area contributed by atoms with E-state index in [1.54, 1.807) is 26.0 Å². The summed E-state index contributed by atoms with van der Waals surface area (Å²) in [5, 5.41) is 0. The third-order valence-electron chi connectivity index (χ3n) is 4.55. The van der Waals surface area contributed by atoms with Crippen molar-refractivity contribution in [2.45, 2.75) is 46.3 Å². The minimum Gasteiger partial charge on any atom is -0.458 e. The van der Waals surface area contributed by atoms with Crippen LogP contribution in [-0.4, -0.2) is 48.7 Å². The molecule has 23 heavy (non-hydrogen) atoms. The van der Waals surface area contributed by atoms with E-state index >= 15 is 0 Å². The van der Waals surface area contributed by atoms with Gasteiger partial charge < -0.3 is 9.47 Å². The Morgan fingerprint density at radius 2 is 1.87 bits per heavy atom. The quantitative estimate of drug-likeness (QED) is 0.442. The first-order chi connectivity index (χ1) is 11.0. The Morgan fingerprint density at radius 1 is 1.22 bits per heavy atom. The maximum absolute atomic E-state index is 12.0. The first-order valence-corrected chi connectivity index (χ1v) is 8.04. The van der Waals surface area contributed by atoms with Gasteiger partial charge in [-0.2, -0.15) is 0 Å². The summed E-state index contributed by atoms with van der Waals surface area (Å²) in [6, 6.07) is 0.0299. The van der Waals surface area contributed by atoms with Crippen molar-refractivity contribution >= 4 is 11.9 Å². The van der Waals surface area contributed by atoms with Gasteiger partial charge >= 0.3 is 11.9 Å². The number of hydrogen-bond donors (Lipinski definition) is 0. The minimum atomic E-state index is -0.303. The smallest absolute Gasteiger partial charge is 0.333 e. The molecule has 126 valence electrons. The van der Waals surface area contributed by atoms with Crippen molar-refractivity contribution in [2.75, 3.05) is 19.7 Å². The summed E-state index contributed by atoms with van der Waals surface area (Å²) in [6.45, 7) is 9.07. The lowest BCUT2D eigenvalue weighted by Crippen LogP contribution is -2.36. The third kappa shape index (κ3) is 3.91. The molecule has 0 N–H and O–H groups in total. The molecule has 0 aromatic rings. The standard InChI is InChI=1S/C18H25NO4/c1-5-12(3)17(20)22-11-14-7-9-19-10-8-15(16(14)19)23-18(21)13(4)6-2/h5-7,15-16H,8-11H2,1-4H3/b12-5+,13-6+/t15-,16-/m1/s1. The number of nitrogens with zero attached hydrogens (tertiary/aromatic N) is 1. The predicted octanol–water partition coefficient (Wildman–Crippen LogP) is 2.39. The predicted molar refractivity (Wildman–Crippen MR) is 87.8 cm³/mol. The molecule has 2 heterocycles. The molecule has 0 aromatic heterocycles. The zero-order valence-corrected chi connectivity index (χ0v) is 14.3. The molecular weight excluding hydrogens is 294 g/mol. The van der Waals surface area contributed by atoms with Gasteiger partial charge in [-0.05, 0) is 39.7 Å². The lowest BCUT2D eigenvalue weighted by molar-refractivity contribution is -0.145. The molecule has 0 spiro atoms. The van der Waals surface area contributed by atoms with Gasteiger partial charge in [-0.25, -0.2) is 9.59 Å². The van der Waals surface area contributed by atoms with Crippen LogP contribution in [0.4, 0.5) is 0 Å². The van der Waals surface area contributed by atoms with Gasteiger partial charge in [0.25, 0.3) is 0 Å². The minimum absolute atomic E-state index is 0.0299. The topological polar surface area (TPSA) is 55.8 Å². The van der Waals surface area contributed by atoms with Crippen molar-refractivity contribution in [3.05, 3.63) is 34.9 Å². The number of carbonyl (C=O) groups is 2. The van der Waals surface area contributed by atoms with E-state index in [0.717, 1.165) is 25.1 Å². The number of carbonyl (C=O) groups excluding carboxylic acids is 2. The average molecular weight is 319 g/mol. The number of ether oxygens (including phenoxy) is 2. The molecule has 0 saturated carbocycles. The SMILES string of the molecule is C/C=C(\C)C(=O)OCC1=CCN2CC[C@@H](OC(=O)/C(C)=C/C)[C@@H]12. The summed E-state index contributed by atoms with van der Waals surface area (Å²) in [7, 11) is 0. The number of fused-ring (bicyclic) bond motifs is 1. The first kappa shape index (κ1) is 17.5. The zero-order valence-electron chi connectivity index (χ0n) is 14.3. The maximum Gasteiger partial charge on any atom is 0.333 e. The highest BCUT2D eigenvalue weighted by Gasteiger charge is 2.41. The van der Waals surface area contributed by atoms with Gasteiger partial charge in [0.05, 0.1) is 6.04 Å². The number of hydrogen-bond acceptors (Lipinski definition) is 5. The van der Waals surface area contributed by atoms with Crippen LogP contribution in [0.15, 0.2) is 34.9 Å². The van der Waals surface area contributed by atoms with Crippen molar-refractivity contribution in [3.63, 3.8) is 0 Å². The molecule has 0 aliphatic carbocycles. The Hall–Kier alpha value is -1.88. The van der Waals surface area contributed by atoms with Crippen molar-refractivity contribution in [2.24, 2.45) is 0 Å². The van der Waals surface area contributed by atoms with Gasteiger partial charge in [0.2, 0.25) is 0 Å². The summed E-state index contributed by atoms with van der Waals surface area (Å²) in [5.41, 5.74) is 2.23. The van der Waals surface area contributed by atoms with Crippen LogP contribution in [0.25, 0.3) is 0 Å². The van der Waals surface area contributed by atoms with Gasteiger partial charge in [0.15, 0.2) is 0 Å². The Labute approximate surface area is 137 Å². The molecule has 0 bridgehead atoms. The van der Waals surface area contributed by atoms with E-state index in [9.17, 15) is 9.59 Å². The summed E-state index contributed by atoms with van der Waals surface area (Å²) in [5.74, 6) is -0.574. The number of rotatable bonds is 5. The molecule has 2 aliphatic heterocycles. The van der Waals surface area contributed by atoms with Crippen LogP contribution in [0.2, 0.25) is 0 Å². The molecule has 5 heteroatoms. The second kappa shape index (κ2) is 7.59. The second-order valence-electron chi connectivity index (χ2n) is 5.97. The number of esters is 2. The van der Waals surface area contributed by atoms with Crippen LogP contribution < -0.4 is 0 Å². The normalized spacial score (nSPS) is 25.1. The van der Waals surface area contributed by atoms with Gasteiger partial charge in [-0.3, -0.25) is 4.90 Å². The van der Waals surface area contributed by atoms with Crippen molar-refractivity contribution in [1.82, 2.24) is 4.90 Å². The van der Waals surface area contributed by atoms with Crippen LogP contribution in [0.3, 0.4) is 0 Å². The first-order valence-electron chi connectivity index (χ1n) is 8.04. The van der Waals surface area contributed by atoms with E-state index in [1.807, 2.05) is 13.8 Å². The van der Waals surface area contributed by atoms with Crippen molar-refractivity contribution in [3.8, 4) is 0 Å². The van der Waals surface area contributed by atoms with Crippen LogP contribution in [0.1, 0.15) is 34.1 Å². The average Bonchev–Trinajstić information content (AvgIpc) is 3.14. The molecule has 0 aromatic carbocycles. The van der Waals surface area contributed by atoms with Gasteiger partial charge in [0.1, 0.15) is 12.7 Å². The van der Waals surface area contributed by atoms with Crippen LogP contribution >= 0.6 is 0 Å². The summed E-state index contributed by atoms with van der Waals surface area (Å²) in [4.78, 5) is 26.0. The molecular formula is C18H25NO4. The highest BCUT2D eigenvalue weighted by atomic mass is 16.5. The Kier molecular flexibility index (Phi) is 5.77. The van der Waals surface area contributed by atoms with Crippen LogP contribution in [0.5, 0.6) is 0 Å². The molecule has 0 radical (unpaired) electrons. The lowest BCUT2D eigenvalue weighted by Gasteiger charge is -2.24. The largest absolute Gasteiger partial charge is 0.458 e. The van der Waals surface area contributed by atoms with E-state index in [4.69, 9.17) is 9.47 Å². The molecule has 1 fully saturated rings. The number of allylic oxidation sites excluding steroid dienone is 2. The summed E-state index contributed by atoms with van der Waals surface area (Å²) in [6.07, 6.45) is 6.20. The van der Waals surface area contributed by atoms with Crippen molar-refractivity contribution < 1.29 is 19.1 Å². The highest BCUT2D eigenvalue weighted by molar-refractivity contribution is 5.88. The summed E-state index contributed by atoms with van der Waals surface area (Å²) < 4.78 is 11.0. The Bertz CT molecular complexity index is 574. The van der Waals surface area contributed by atoms with E-state index < -0.39 is 0 Å². The highest BCUT2D eigenvalue weighted by Crippen LogP contribution is 2.31. The molecule has 0 amide bonds. The lowest BCUT2D eigenvalue weighted by atomic mass is 10.0. The van der Waals surface area contributed by atoms with E-state index in [0.29, 0.717) is 11.1 Å². The zero-order chi connectivity index (χ0) is 17.0. The Balaban J connectivity index is 1.98. The maximum atomic E-state index is 12.0. The van der Waals surface area contributed by atoms with Gasteiger partial charge in [-0.15, -0.1) is 0 Å². The molecule has 1 saturated heterocycles. The fourth-order valence-electron chi connectivity index (χ4n) is 2.86. The monoisotopic (exact) mass is 319 g/mol. The molecule has 5 nitrogen and oxygen atoms in total. The van der Waals surface area contributed by atoms with E-state index in [2.05, 4.69) is 11.0 Å². The Morgan fingerprint density at radius 3 is 2.52 bits per heavy atom. The fraction of sp³-hybridized carbons (Fsp3) is 0.556. The molecule has 2 rings (SSSR count). The van der Waals surface area contributed by atoms with E-state index in [1.165, 1.54) is 0 Å². The van der Waals surface area contributed by atoms with Crippen LogP contribution in [0, 0.1) is 0 Å². The molecule has 2 atom stereocenters. The van der Waals surface area contributed by atoms with E-state index in [-0.39, 0.29) is 30.7 Å². The van der Waals surface area contributed by atoms with Gasteiger partial charge in [-0.1, -0.05) is 18.2 Å².